The Hall–Kier alpha value is -1.62. The zero-order valence-electron chi connectivity index (χ0n) is 8.63. The first-order valence-electron chi connectivity index (χ1n) is 4.95. The van der Waals surface area contributed by atoms with Crippen molar-refractivity contribution in [3.8, 4) is 0 Å². The van der Waals surface area contributed by atoms with Gasteiger partial charge in [-0.2, -0.15) is 5.10 Å². The van der Waals surface area contributed by atoms with E-state index >= 15 is 0 Å². The summed E-state index contributed by atoms with van der Waals surface area (Å²) in [6.07, 6.45) is 5.14. The molecule has 1 unspecified atom stereocenters. The van der Waals surface area contributed by atoms with Crippen LogP contribution in [0.25, 0.3) is 5.52 Å². The van der Waals surface area contributed by atoms with Gasteiger partial charge in [-0.05, 0) is 18.5 Å². The van der Waals surface area contributed by atoms with Gasteiger partial charge in [-0.15, -0.1) is 0 Å². The summed E-state index contributed by atoms with van der Waals surface area (Å²) in [6.45, 7) is 3.25. The van der Waals surface area contributed by atoms with Crippen molar-refractivity contribution in [2.45, 2.75) is 13.5 Å². The Morgan fingerprint density at radius 1 is 1.53 bits per heavy atom. The molecule has 0 saturated carbocycles. The molecular formula is C10H14N4O. The van der Waals surface area contributed by atoms with Crippen molar-refractivity contribution >= 4 is 5.52 Å². The van der Waals surface area contributed by atoms with Gasteiger partial charge < -0.3 is 10.3 Å². The van der Waals surface area contributed by atoms with Gasteiger partial charge in [0.25, 0.3) is 5.56 Å². The van der Waals surface area contributed by atoms with Gasteiger partial charge in [-0.25, -0.2) is 4.52 Å². The Kier molecular flexibility index (Phi) is 2.55. The lowest BCUT2D eigenvalue weighted by Gasteiger charge is -2.10. The Bertz CT molecular complexity index is 513. The fraction of sp³-hybridized carbons (Fsp3) is 0.400. The second-order valence-corrected chi connectivity index (χ2v) is 3.76. The number of hydrogen-bond donors (Lipinski definition) is 1. The standard InChI is InChI=1S/C10H14N4O/c1-8(6-11)7-13-4-5-14-9(10(13)15)2-3-12-14/h2-5,8H,6-7,11H2,1H3. The highest BCUT2D eigenvalue weighted by Gasteiger charge is 2.05. The van der Waals surface area contributed by atoms with Gasteiger partial charge in [0.2, 0.25) is 0 Å². The minimum Gasteiger partial charge on any atom is -0.330 e. The molecule has 0 aliphatic heterocycles. The van der Waals surface area contributed by atoms with Crippen molar-refractivity contribution < 1.29 is 0 Å². The molecule has 5 heteroatoms. The van der Waals surface area contributed by atoms with Crippen molar-refractivity contribution in [2.24, 2.45) is 11.7 Å². The smallest absolute Gasteiger partial charge is 0.276 e. The summed E-state index contributed by atoms with van der Waals surface area (Å²) in [7, 11) is 0. The van der Waals surface area contributed by atoms with Crippen molar-refractivity contribution in [3.63, 3.8) is 0 Å². The Balaban J connectivity index is 2.44. The summed E-state index contributed by atoms with van der Waals surface area (Å²) in [6, 6.07) is 1.71. The molecule has 0 saturated heterocycles. The van der Waals surface area contributed by atoms with Gasteiger partial charge in [-0.1, -0.05) is 6.92 Å². The molecule has 0 radical (unpaired) electrons. The van der Waals surface area contributed by atoms with E-state index in [0.717, 1.165) is 0 Å². The van der Waals surface area contributed by atoms with E-state index in [4.69, 9.17) is 5.73 Å². The van der Waals surface area contributed by atoms with Crippen LogP contribution >= 0.6 is 0 Å². The fourth-order valence-corrected chi connectivity index (χ4v) is 1.51. The van der Waals surface area contributed by atoms with Gasteiger partial charge in [0, 0.05) is 18.9 Å². The lowest BCUT2D eigenvalue weighted by atomic mass is 10.2. The Labute approximate surface area is 87.1 Å². The highest BCUT2D eigenvalue weighted by Crippen LogP contribution is 1.98. The van der Waals surface area contributed by atoms with Crippen LogP contribution < -0.4 is 11.3 Å². The molecule has 2 aromatic rings. The minimum atomic E-state index is -0.0182. The van der Waals surface area contributed by atoms with Crippen LogP contribution in [0, 0.1) is 5.92 Å². The average Bonchev–Trinajstić information content (AvgIpc) is 2.70. The maximum atomic E-state index is 11.9. The third-order valence-electron chi connectivity index (χ3n) is 2.45. The SMILES string of the molecule is CC(CN)Cn1ccn2nccc2c1=O. The van der Waals surface area contributed by atoms with Gasteiger partial charge in [0.05, 0.1) is 6.20 Å². The molecule has 0 aliphatic carbocycles. The summed E-state index contributed by atoms with van der Waals surface area (Å²) in [4.78, 5) is 11.9. The van der Waals surface area contributed by atoms with Crippen LogP contribution in [0.1, 0.15) is 6.92 Å². The predicted molar refractivity (Wildman–Crippen MR) is 57.7 cm³/mol. The summed E-state index contributed by atoms with van der Waals surface area (Å²) in [5, 5.41) is 4.00. The molecule has 2 rings (SSSR count). The molecule has 2 aromatic heterocycles. The lowest BCUT2D eigenvalue weighted by molar-refractivity contribution is 0.481. The third-order valence-corrected chi connectivity index (χ3v) is 2.45. The van der Waals surface area contributed by atoms with E-state index in [1.807, 2.05) is 6.92 Å². The highest BCUT2D eigenvalue weighted by molar-refractivity contribution is 5.42. The number of rotatable bonds is 3. The molecule has 5 nitrogen and oxygen atoms in total. The van der Waals surface area contributed by atoms with Crippen molar-refractivity contribution in [1.29, 1.82) is 0 Å². The van der Waals surface area contributed by atoms with E-state index in [-0.39, 0.29) is 5.56 Å². The van der Waals surface area contributed by atoms with Crippen LogP contribution in [0.5, 0.6) is 0 Å². The number of hydrogen-bond acceptors (Lipinski definition) is 3. The van der Waals surface area contributed by atoms with Crippen molar-refractivity contribution in [1.82, 2.24) is 14.2 Å². The second kappa shape index (κ2) is 3.86. The summed E-state index contributed by atoms with van der Waals surface area (Å²) in [5.41, 5.74) is 6.11. The Morgan fingerprint density at radius 2 is 2.33 bits per heavy atom. The zero-order chi connectivity index (χ0) is 10.8. The number of nitrogens with two attached hydrogens (primary N) is 1. The van der Waals surface area contributed by atoms with Gasteiger partial charge in [-0.3, -0.25) is 4.79 Å². The van der Waals surface area contributed by atoms with Gasteiger partial charge >= 0.3 is 0 Å². The first kappa shape index (κ1) is 9.92. The quantitative estimate of drug-likeness (QED) is 0.774. The fourth-order valence-electron chi connectivity index (χ4n) is 1.51. The molecule has 0 spiro atoms. The summed E-state index contributed by atoms with van der Waals surface area (Å²) in [5.74, 6) is 0.299. The number of aromatic nitrogens is 3. The predicted octanol–water partition coefficient (Wildman–Crippen LogP) is 0.0908. The first-order chi connectivity index (χ1) is 7.22. The molecule has 2 N–H and O–H groups in total. The third kappa shape index (κ3) is 1.78. The highest BCUT2D eigenvalue weighted by atomic mass is 16.1. The molecular weight excluding hydrogens is 192 g/mol. The molecule has 0 bridgehead atoms. The Morgan fingerprint density at radius 3 is 3.07 bits per heavy atom. The topological polar surface area (TPSA) is 65.3 Å². The molecule has 15 heavy (non-hydrogen) atoms. The molecule has 80 valence electrons. The maximum absolute atomic E-state index is 11.9. The maximum Gasteiger partial charge on any atom is 0.276 e. The monoisotopic (exact) mass is 206 g/mol. The van der Waals surface area contributed by atoms with Crippen LogP contribution in [0.15, 0.2) is 29.5 Å². The molecule has 1 atom stereocenters. The van der Waals surface area contributed by atoms with Gasteiger partial charge in [0.15, 0.2) is 0 Å². The van der Waals surface area contributed by atoms with Crippen LogP contribution in [-0.2, 0) is 6.54 Å². The normalized spacial score (nSPS) is 13.2. The number of fused-ring (bicyclic) bond motifs is 1. The molecule has 0 amide bonds. The molecule has 0 aliphatic rings. The van der Waals surface area contributed by atoms with Crippen molar-refractivity contribution in [2.75, 3.05) is 6.54 Å². The van der Waals surface area contributed by atoms with Crippen LogP contribution in [0.4, 0.5) is 0 Å². The van der Waals surface area contributed by atoms with E-state index in [0.29, 0.717) is 24.5 Å². The lowest BCUT2D eigenvalue weighted by Crippen LogP contribution is -2.26. The molecule has 0 aromatic carbocycles. The van der Waals surface area contributed by atoms with Crippen molar-refractivity contribution in [3.05, 3.63) is 35.0 Å². The van der Waals surface area contributed by atoms with E-state index < -0.39 is 0 Å². The van der Waals surface area contributed by atoms with E-state index in [1.165, 1.54) is 0 Å². The van der Waals surface area contributed by atoms with E-state index in [1.54, 1.807) is 33.7 Å². The average molecular weight is 206 g/mol. The van der Waals surface area contributed by atoms with Crippen LogP contribution in [0.3, 0.4) is 0 Å². The number of nitrogens with zero attached hydrogens (tertiary/aromatic N) is 3. The van der Waals surface area contributed by atoms with E-state index in [9.17, 15) is 4.79 Å². The first-order valence-corrected chi connectivity index (χ1v) is 4.95. The van der Waals surface area contributed by atoms with Gasteiger partial charge in [0.1, 0.15) is 5.52 Å². The largest absolute Gasteiger partial charge is 0.330 e. The van der Waals surface area contributed by atoms with E-state index in [2.05, 4.69) is 5.10 Å². The summed E-state index contributed by atoms with van der Waals surface area (Å²) >= 11 is 0. The van der Waals surface area contributed by atoms with Crippen LogP contribution in [0.2, 0.25) is 0 Å². The zero-order valence-corrected chi connectivity index (χ0v) is 8.63. The van der Waals surface area contributed by atoms with Crippen LogP contribution in [-0.4, -0.2) is 20.7 Å². The molecule has 0 fully saturated rings. The molecule has 2 heterocycles. The summed E-state index contributed by atoms with van der Waals surface area (Å²) < 4.78 is 3.25. The second-order valence-electron chi connectivity index (χ2n) is 3.76. The minimum absolute atomic E-state index is 0.0182.